The summed E-state index contributed by atoms with van der Waals surface area (Å²) in [6.45, 7) is 4.98. The summed E-state index contributed by atoms with van der Waals surface area (Å²) in [6, 6.07) is 9.60. The van der Waals surface area contributed by atoms with Crippen molar-refractivity contribution < 1.29 is 4.21 Å². The van der Waals surface area contributed by atoms with Crippen LogP contribution in [-0.4, -0.2) is 19.5 Å². The zero-order chi connectivity index (χ0) is 13.0. The first-order valence-corrected chi connectivity index (χ1v) is 7.45. The highest BCUT2D eigenvalue weighted by Crippen LogP contribution is 2.12. The zero-order valence-electron chi connectivity index (χ0n) is 10.7. The molecule has 4 heteroatoms. The van der Waals surface area contributed by atoms with Crippen molar-refractivity contribution in [3.05, 3.63) is 48.5 Å². The first kappa shape index (κ1) is 13.0. The molecule has 1 aromatic carbocycles. The molecule has 1 aromatic heterocycles. The minimum absolute atomic E-state index is 0.394. The van der Waals surface area contributed by atoms with Gasteiger partial charge >= 0.3 is 0 Å². The summed E-state index contributed by atoms with van der Waals surface area (Å²) in [5.74, 6) is 2.07. The van der Waals surface area contributed by atoms with Gasteiger partial charge in [-0.3, -0.25) is 4.21 Å². The van der Waals surface area contributed by atoms with Crippen molar-refractivity contribution in [3.8, 4) is 0 Å². The van der Waals surface area contributed by atoms with Gasteiger partial charge in [0, 0.05) is 35.5 Å². The molecule has 0 aliphatic rings. The Balaban J connectivity index is 2.00. The van der Waals surface area contributed by atoms with E-state index < -0.39 is 10.8 Å². The van der Waals surface area contributed by atoms with Gasteiger partial charge in [0.05, 0.1) is 10.8 Å². The SMILES string of the molecule is CC(C)c1nccn1CC[S@@](=O)c1ccccc1. The summed E-state index contributed by atoms with van der Waals surface area (Å²) in [5, 5.41) is 0. The number of benzene rings is 1. The Morgan fingerprint density at radius 1 is 1.28 bits per heavy atom. The Morgan fingerprint density at radius 2 is 2.00 bits per heavy atom. The maximum absolute atomic E-state index is 12.1. The highest BCUT2D eigenvalue weighted by molar-refractivity contribution is 7.85. The topological polar surface area (TPSA) is 34.9 Å². The van der Waals surface area contributed by atoms with Crippen LogP contribution >= 0.6 is 0 Å². The number of aryl methyl sites for hydroxylation is 1. The van der Waals surface area contributed by atoms with Gasteiger partial charge in [-0.25, -0.2) is 4.98 Å². The molecule has 2 rings (SSSR count). The molecule has 3 nitrogen and oxygen atoms in total. The minimum atomic E-state index is -0.938. The van der Waals surface area contributed by atoms with E-state index in [0.717, 1.165) is 17.3 Å². The molecule has 0 amide bonds. The largest absolute Gasteiger partial charge is 0.334 e. The Kier molecular flexibility index (Phi) is 4.31. The number of aromatic nitrogens is 2. The van der Waals surface area contributed by atoms with Crippen LogP contribution in [0, 0.1) is 0 Å². The number of hydrogen-bond donors (Lipinski definition) is 0. The lowest BCUT2D eigenvalue weighted by Gasteiger charge is -2.10. The molecule has 0 saturated heterocycles. The van der Waals surface area contributed by atoms with Gasteiger partial charge in [-0.1, -0.05) is 32.0 Å². The minimum Gasteiger partial charge on any atom is -0.334 e. The molecule has 1 heterocycles. The van der Waals surface area contributed by atoms with Crippen LogP contribution in [0.15, 0.2) is 47.6 Å². The van der Waals surface area contributed by atoms with Crippen molar-refractivity contribution in [1.29, 1.82) is 0 Å². The average molecular weight is 262 g/mol. The van der Waals surface area contributed by atoms with E-state index in [1.54, 1.807) is 6.20 Å². The molecule has 1 atom stereocenters. The van der Waals surface area contributed by atoms with Gasteiger partial charge in [-0.2, -0.15) is 0 Å². The first-order chi connectivity index (χ1) is 8.68. The van der Waals surface area contributed by atoms with Crippen LogP contribution in [0.2, 0.25) is 0 Å². The van der Waals surface area contributed by atoms with E-state index in [4.69, 9.17) is 0 Å². The molecule has 0 bridgehead atoms. The molecule has 0 aliphatic carbocycles. The third-order valence-corrected chi connectivity index (χ3v) is 4.14. The van der Waals surface area contributed by atoms with E-state index in [1.165, 1.54) is 0 Å². The molecule has 96 valence electrons. The molecular formula is C14H18N2OS. The third kappa shape index (κ3) is 3.07. The first-order valence-electron chi connectivity index (χ1n) is 6.13. The fraction of sp³-hybridized carbons (Fsp3) is 0.357. The van der Waals surface area contributed by atoms with Gasteiger partial charge in [0.1, 0.15) is 5.82 Å². The fourth-order valence-corrected chi connectivity index (χ4v) is 2.94. The lowest BCUT2D eigenvalue weighted by molar-refractivity contribution is 0.642. The van der Waals surface area contributed by atoms with Crippen LogP contribution < -0.4 is 0 Å². The lowest BCUT2D eigenvalue weighted by atomic mass is 10.2. The van der Waals surface area contributed by atoms with Crippen molar-refractivity contribution in [2.45, 2.75) is 31.2 Å². The number of nitrogens with zero attached hydrogens (tertiary/aromatic N) is 2. The van der Waals surface area contributed by atoms with Gasteiger partial charge in [0.15, 0.2) is 0 Å². The lowest BCUT2D eigenvalue weighted by Crippen LogP contribution is -2.11. The highest BCUT2D eigenvalue weighted by Gasteiger charge is 2.09. The van der Waals surface area contributed by atoms with Gasteiger partial charge < -0.3 is 4.57 Å². The van der Waals surface area contributed by atoms with E-state index in [-0.39, 0.29) is 0 Å². The Morgan fingerprint density at radius 3 is 2.67 bits per heavy atom. The van der Waals surface area contributed by atoms with Gasteiger partial charge in [0.2, 0.25) is 0 Å². The number of imidazole rings is 1. The van der Waals surface area contributed by atoms with Crippen LogP contribution in [0.4, 0.5) is 0 Å². The molecule has 18 heavy (non-hydrogen) atoms. The van der Waals surface area contributed by atoms with E-state index >= 15 is 0 Å². The molecule has 2 aromatic rings. The Labute approximate surface area is 110 Å². The normalized spacial score (nSPS) is 12.8. The second-order valence-corrected chi connectivity index (χ2v) is 6.07. The summed E-state index contributed by atoms with van der Waals surface area (Å²) >= 11 is 0. The van der Waals surface area contributed by atoms with E-state index in [2.05, 4.69) is 23.4 Å². The molecule has 0 fully saturated rings. The molecule has 0 unspecified atom stereocenters. The van der Waals surface area contributed by atoms with E-state index in [0.29, 0.717) is 11.7 Å². The van der Waals surface area contributed by atoms with Crippen LogP contribution in [0.25, 0.3) is 0 Å². The molecule has 0 saturated carbocycles. The molecule has 0 N–H and O–H groups in total. The van der Waals surface area contributed by atoms with Crippen LogP contribution in [0.1, 0.15) is 25.6 Å². The van der Waals surface area contributed by atoms with Crippen LogP contribution in [0.5, 0.6) is 0 Å². The van der Waals surface area contributed by atoms with Crippen molar-refractivity contribution >= 4 is 10.8 Å². The fourth-order valence-electron chi connectivity index (χ4n) is 1.88. The molecular weight excluding hydrogens is 244 g/mol. The number of hydrogen-bond acceptors (Lipinski definition) is 2. The average Bonchev–Trinajstić information content (AvgIpc) is 2.85. The maximum atomic E-state index is 12.1. The second-order valence-electron chi connectivity index (χ2n) is 4.50. The predicted molar refractivity (Wildman–Crippen MR) is 74.0 cm³/mol. The summed E-state index contributed by atoms with van der Waals surface area (Å²) in [5.41, 5.74) is 0. The zero-order valence-corrected chi connectivity index (χ0v) is 11.6. The van der Waals surface area contributed by atoms with Crippen molar-refractivity contribution in [2.24, 2.45) is 0 Å². The second kappa shape index (κ2) is 5.96. The summed E-state index contributed by atoms with van der Waals surface area (Å²) in [6.07, 6.45) is 3.76. The highest BCUT2D eigenvalue weighted by atomic mass is 32.2. The molecule has 0 radical (unpaired) electrons. The van der Waals surface area contributed by atoms with Gasteiger partial charge in [-0.05, 0) is 12.1 Å². The van der Waals surface area contributed by atoms with Crippen molar-refractivity contribution in [2.75, 3.05) is 5.75 Å². The smallest absolute Gasteiger partial charge is 0.111 e. The van der Waals surface area contributed by atoms with Crippen LogP contribution in [0.3, 0.4) is 0 Å². The van der Waals surface area contributed by atoms with Crippen molar-refractivity contribution in [1.82, 2.24) is 9.55 Å². The quantitative estimate of drug-likeness (QED) is 0.830. The van der Waals surface area contributed by atoms with Gasteiger partial charge in [0.25, 0.3) is 0 Å². The molecule has 0 aliphatic heterocycles. The van der Waals surface area contributed by atoms with E-state index in [9.17, 15) is 4.21 Å². The Hall–Kier alpha value is -1.42. The standard InChI is InChI=1S/C14H18N2OS/c1-12(2)14-15-8-9-16(14)10-11-18(17)13-6-4-3-5-7-13/h3-9,12H,10-11H2,1-2H3/t18-/m1/s1. The summed E-state index contributed by atoms with van der Waals surface area (Å²) in [7, 11) is -0.938. The van der Waals surface area contributed by atoms with E-state index in [1.807, 2.05) is 36.5 Å². The Bertz CT molecular complexity index is 520. The summed E-state index contributed by atoms with van der Waals surface area (Å²) < 4.78 is 14.2. The van der Waals surface area contributed by atoms with Gasteiger partial charge in [-0.15, -0.1) is 0 Å². The monoisotopic (exact) mass is 262 g/mol. The third-order valence-electron chi connectivity index (χ3n) is 2.79. The van der Waals surface area contributed by atoms with Crippen LogP contribution in [-0.2, 0) is 17.3 Å². The molecule has 0 spiro atoms. The predicted octanol–water partition coefficient (Wildman–Crippen LogP) is 2.81. The summed E-state index contributed by atoms with van der Waals surface area (Å²) in [4.78, 5) is 5.22. The van der Waals surface area contributed by atoms with Crippen molar-refractivity contribution in [3.63, 3.8) is 0 Å². The number of rotatable bonds is 5. The maximum Gasteiger partial charge on any atom is 0.111 e.